The van der Waals surface area contributed by atoms with Gasteiger partial charge >= 0.3 is 5.97 Å². The average Bonchev–Trinajstić information content (AvgIpc) is 2.02. The van der Waals surface area contributed by atoms with Gasteiger partial charge in [-0.1, -0.05) is 5.57 Å². The number of hydrogen-bond donors (Lipinski definition) is 0. The first-order valence-electron chi connectivity index (χ1n) is 4.54. The number of ether oxygens (including phenoxy) is 2. The molecule has 2 unspecified atom stereocenters. The maximum atomic E-state index is 11.0. The highest BCUT2D eigenvalue weighted by atomic mass is 16.5. The number of hydrogen-bond acceptors (Lipinski definition) is 3. The lowest BCUT2D eigenvalue weighted by molar-refractivity contribution is -0.135. The summed E-state index contributed by atoms with van der Waals surface area (Å²) in [6.45, 7) is 4.03. The van der Waals surface area contributed by atoms with Crippen molar-refractivity contribution < 1.29 is 14.3 Å². The molecule has 1 saturated heterocycles. The fraction of sp³-hybridized carbons (Fsp3) is 0.700. The monoisotopic (exact) mass is 184 g/mol. The van der Waals surface area contributed by atoms with Gasteiger partial charge in [0.05, 0.1) is 19.3 Å². The SMILES string of the molecule is COC(=O)C=C1CC(C)OC(C)C1. The molecule has 0 aromatic carbocycles. The van der Waals surface area contributed by atoms with Crippen molar-refractivity contribution in [2.45, 2.75) is 38.9 Å². The summed E-state index contributed by atoms with van der Waals surface area (Å²) in [4.78, 5) is 11.0. The molecule has 0 radical (unpaired) electrons. The second-order valence-corrected chi connectivity index (χ2v) is 3.49. The number of methoxy groups -OCH3 is 1. The lowest BCUT2D eigenvalue weighted by atomic mass is 9.99. The summed E-state index contributed by atoms with van der Waals surface area (Å²) in [7, 11) is 1.39. The summed E-state index contributed by atoms with van der Waals surface area (Å²) in [5.74, 6) is -0.267. The molecule has 1 rings (SSSR count). The molecule has 0 aliphatic carbocycles. The second kappa shape index (κ2) is 4.42. The lowest BCUT2D eigenvalue weighted by Gasteiger charge is -2.27. The van der Waals surface area contributed by atoms with Crippen LogP contribution in [0.1, 0.15) is 26.7 Å². The number of carbonyl (C=O) groups is 1. The molecule has 1 aliphatic rings. The van der Waals surface area contributed by atoms with Gasteiger partial charge in [-0.25, -0.2) is 4.79 Å². The smallest absolute Gasteiger partial charge is 0.330 e. The maximum absolute atomic E-state index is 11.0. The van der Waals surface area contributed by atoms with Crippen LogP contribution in [0.2, 0.25) is 0 Å². The van der Waals surface area contributed by atoms with Gasteiger partial charge in [-0.2, -0.15) is 0 Å². The largest absolute Gasteiger partial charge is 0.466 e. The zero-order chi connectivity index (χ0) is 9.84. The van der Waals surface area contributed by atoms with Crippen LogP contribution in [-0.2, 0) is 14.3 Å². The van der Waals surface area contributed by atoms with Gasteiger partial charge in [-0.05, 0) is 26.7 Å². The molecule has 0 N–H and O–H groups in total. The van der Waals surface area contributed by atoms with E-state index in [4.69, 9.17) is 4.74 Å². The van der Waals surface area contributed by atoms with Crippen LogP contribution in [0.4, 0.5) is 0 Å². The number of esters is 1. The molecule has 3 nitrogen and oxygen atoms in total. The fourth-order valence-corrected chi connectivity index (χ4v) is 1.66. The molecule has 1 fully saturated rings. The molecule has 0 spiro atoms. The van der Waals surface area contributed by atoms with Crippen molar-refractivity contribution in [1.29, 1.82) is 0 Å². The predicted octanol–water partition coefficient (Wildman–Crippen LogP) is 1.67. The van der Waals surface area contributed by atoms with E-state index in [1.54, 1.807) is 6.08 Å². The van der Waals surface area contributed by atoms with Crippen LogP contribution in [0.5, 0.6) is 0 Å². The van der Waals surface area contributed by atoms with E-state index in [9.17, 15) is 4.79 Å². The standard InChI is InChI=1S/C10H16O3/c1-7-4-9(5-8(2)13-7)6-10(11)12-3/h6-8H,4-5H2,1-3H3. The normalized spacial score (nSPS) is 28.4. The lowest BCUT2D eigenvalue weighted by Crippen LogP contribution is -2.24. The van der Waals surface area contributed by atoms with E-state index in [0.29, 0.717) is 0 Å². The summed E-state index contributed by atoms with van der Waals surface area (Å²) < 4.78 is 10.1. The van der Waals surface area contributed by atoms with E-state index in [-0.39, 0.29) is 18.2 Å². The van der Waals surface area contributed by atoms with Crippen molar-refractivity contribution >= 4 is 5.97 Å². The highest BCUT2D eigenvalue weighted by molar-refractivity contribution is 5.82. The minimum Gasteiger partial charge on any atom is -0.466 e. The Morgan fingerprint density at radius 3 is 2.46 bits per heavy atom. The summed E-state index contributed by atoms with van der Waals surface area (Å²) in [6, 6.07) is 0. The second-order valence-electron chi connectivity index (χ2n) is 3.49. The fourth-order valence-electron chi connectivity index (χ4n) is 1.66. The molecule has 0 aromatic rings. The minimum atomic E-state index is -0.267. The molecule has 1 heterocycles. The van der Waals surface area contributed by atoms with Crippen molar-refractivity contribution in [3.05, 3.63) is 11.6 Å². The molecular formula is C10H16O3. The third-order valence-electron chi connectivity index (χ3n) is 2.09. The number of carbonyl (C=O) groups excluding carboxylic acids is 1. The summed E-state index contributed by atoms with van der Waals surface area (Å²) in [5, 5.41) is 0. The van der Waals surface area contributed by atoms with Crippen molar-refractivity contribution in [3.63, 3.8) is 0 Å². The molecule has 0 aromatic heterocycles. The molecule has 0 amide bonds. The van der Waals surface area contributed by atoms with Gasteiger partial charge in [-0.15, -0.1) is 0 Å². The van der Waals surface area contributed by atoms with Crippen LogP contribution < -0.4 is 0 Å². The van der Waals surface area contributed by atoms with Crippen LogP contribution in [-0.4, -0.2) is 25.3 Å². The Labute approximate surface area is 78.7 Å². The summed E-state index contributed by atoms with van der Waals surface area (Å²) in [6.07, 6.45) is 3.66. The summed E-state index contributed by atoms with van der Waals surface area (Å²) >= 11 is 0. The van der Waals surface area contributed by atoms with Gasteiger partial charge in [0.25, 0.3) is 0 Å². The Bertz CT molecular complexity index is 208. The molecule has 2 atom stereocenters. The van der Waals surface area contributed by atoms with E-state index < -0.39 is 0 Å². The van der Waals surface area contributed by atoms with Gasteiger partial charge in [0.15, 0.2) is 0 Å². The third-order valence-corrected chi connectivity index (χ3v) is 2.09. The summed E-state index contributed by atoms with van der Waals surface area (Å²) in [5.41, 5.74) is 1.12. The highest BCUT2D eigenvalue weighted by Crippen LogP contribution is 2.23. The topological polar surface area (TPSA) is 35.5 Å². The van der Waals surface area contributed by atoms with Crippen molar-refractivity contribution in [1.82, 2.24) is 0 Å². The van der Waals surface area contributed by atoms with Gasteiger partial charge in [0, 0.05) is 6.08 Å². The molecule has 0 saturated carbocycles. The van der Waals surface area contributed by atoms with Crippen LogP contribution >= 0.6 is 0 Å². The Morgan fingerprint density at radius 1 is 1.46 bits per heavy atom. The molecule has 3 heteroatoms. The maximum Gasteiger partial charge on any atom is 0.330 e. The van der Waals surface area contributed by atoms with Crippen molar-refractivity contribution in [3.8, 4) is 0 Å². The van der Waals surface area contributed by atoms with Crippen LogP contribution in [0.3, 0.4) is 0 Å². The highest BCUT2D eigenvalue weighted by Gasteiger charge is 2.19. The number of rotatable bonds is 1. The van der Waals surface area contributed by atoms with Crippen LogP contribution in [0.15, 0.2) is 11.6 Å². The molecule has 1 aliphatic heterocycles. The van der Waals surface area contributed by atoms with E-state index in [1.165, 1.54) is 7.11 Å². The van der Waals surface area contributed by atoms with E-state index >= 15 is 0 Å². The molecular weight excluding hydrogens is 168 g/mol. The molecule has 74 valence electrons. The first-order valence-corrected chi connectivity index (χ1v) is 4.54. The van der Waals surface area contributed by atoms with E-state index in [0.717, 1.165) is 18.4 Å². The Hall–Kier alpha value is -0.830. The van der Waals surface area contributed by atoms with Crippen LogP contribution in [0, 0.1) is 0 Å². The first kappa shape index (κ1) is 10.3. The Kier molecular flexibility index (Phi) is 3.48. The third kappa shape index (κ3) is 3.19. The van der Waals surface area contributed by atoms with Gasteiger partial charge in [0.1, 0.15) is 0 Å². The van der Waals surface area contributed by atoms with Crippen molar-refractivity contribution in [2.24, 2.45) is 0 Å². The first-order chi connectivity index (χ1) is 6.11. The van der Waals surface area contributed by atoms with Gasteiger partial charge in [-0.3, -0.25) is 0 Å². The quantitative estimate of drug-likeness (QED) is 0.459. The predicted molar refractivity (Wildman–Crippen MR) is 49.3 cm³/mol. The molecule has 13 heavy (non-hydrogen) atoms. The van der Waals surface area contributed by atoms with Crippen LogP contribution in [0.25, 0.3) is 0 Å². The van der Waals surface area contributed by atoms with E-state index in [2.05, 4.69) is 4.74 Å². The molecule has 0 bridgehead atoms. The van der Waals surface area contributed by atoms with E-state index in [1.807, 2.05) is 13.8 Å². The van der Waals surface area contributed by atoms with Gasteiger partial charge < -0.3 is 9.47 Å². The van der Waals surface area contributed by atoms with Crippen molar-refractivity contribution in [2.75, 3.05) is 7.11 Å². The average molecular weight is 184 g/mol. The Balaban J connectivity index is 2.59. The minimum absolute atomic E-state index is 0.208. The zero-order valence-corrected chi connectivity index (χ0v) is 8.37. The van der Waals surface area contributed by atoms with Gasteiger partial charge in [0.2, 0.25) is 0 Å². The zero-order valence-electron chi connectivity index (χ0n) is 8.37. The Morgan fingerprint density at radius 2 is 2.00 bits per heavy atom.